The summed E-state index contributed by atoms with van der Waals surface area (Å²) in [4.78, 5) is 11.8. The number of aromatic nitrogens is 2. The molecule has 0 aliphatic carbocycles. The first-order valence-corrected chi connectivity index (χ1v) is 5.99. The first kappa shape index (κ1) is 12.4. The van der Waals surface area contributed by atoms with Gasteiger partial charge in [0.05, 0.1) is 11.4 Å². The van der Waals surface area contributed by atoms with E-state index < -0.39 is 0 Å². The van der Waals surface area contributed by atoms with Crippen LogP contribution in [0.1, 0.15) is 17.7 Å². The third kappa shape index (κ3) is 3.20. The maximum atomic E-state index is 11.8. The topological polar surface area (TPSA) is 46.9 Å². The van der Waals surface area contributed by atoms with Gasteiger partial charge in [0.1, 0.15) is 0 Å². The van der Waals surface area contributed by atoms with Gasteiger partial charge < -0.3 is 5.32 Å². The van der Waals surface area contributed by atoms with Crippen LogP contribution in [0.3, 0.4) is 0 Å². The van der Waals surface area contributed by atoms with Crippen molar-refractivity contribution in [3.05, 3.63) is 47.8 Å². The molecular weight excluding hydrogens is 226 g/mol. The van der Waals surface area contributed by atoms with E-state index in [9.17, 15) is 4.79 Å². The second kappa shape index (κ2) is 5.49. The molecule has 0 unspecified atom stereocenters. The van der Waals surface area contributed by atoms with E-state index in [1.165, 1.54) is 5.56 Å². The Bertz CT molecular complexity index is 531. The first-order valence-electron chi connectivity index (χ1n) is 5.99. The molecule has 0 saturated heterocycles. The number of hydrogen-bond donors (Lipinski definition) is 1. The number of benzene rings is 1. The fourth-order valence-corrected chi connectivity index (χ4v) is 1.84. The monoisotopic (exact) mass is 243 g/mol. The molecule has 1 aromatic heterocycles. The van der Waals surface area contributed by atoms with Gasteiger partial charge >= 0.3 is 0 Å². The summed E-state index contributed by atoms with van der Waals surface area (Å²) in [6.45, 7) is 1.88. The lowest BCUT2D eigenvalue weighted by molar-refractivity contribution is -0.116. The van der Waals surface area contributed by atoms with E-state index in [0.717, 1.165) is 17.8 Å². The van der Waals surface area contributed by atoms with E-state index in [0.29, 0.717) is 6.42 Å². The van der Waals surface area contributed by atoms with Gasteiger partial charge in [-0.2, -0.15) is 5.10 Å². The van der Waals surface area contributed by atoms with Crippen LogP contribution in [-0.2, 0) is 18.3 Å². The highest BCUT2D eigenvalue weighted by Gasteiger charge is 2.07. The highest BCUT2D eigenvalue weighted by molar-refractivity contribution is 5.91. The van der Waals surface area contributed by atoms with E-state index in [2.05, 4.69) is 10.4 Å². The molecule has 0 spiro atoms. The van der Waals surface area contributed by atoms with Crippen LogP contribution in [0.15, 0.2) is 36.5 Å². The third-order valence-electron chi connectivity index (χ3n) is 2.77. The van der Waals surface area contributed by atoms with Gasteiger partial charge in [-0.05, 0) is 18.9 Å². The van der Waals surface area contributed by atoms with Crippen molar-refractivity contribution in [3.8, 4) is 0 Å². The maximum absolute atomic E-state index is 11.8. The average molecular weight is 243 g/mol. The van der Waals surface area contributed by atoms with Crippen molar-refractivity contribution >= 4 is 11.6 Å². The van der Waals surface area contributed by atoms with Gasteiger partial charge in [-0.3, -0.25) is 9.48 Å². The maximum Gasteiger partial charge on any atom is 0.224 e. The van der Waals surface area contributed by atoms with Crippen LogP contribution in [0.2, 0.25) is 0 Å². The van der Waals surface area contributed by atoms with E-state index in [1.807, 2.05) is 50.5 Å². The Kier molecular flexibility index (Phi) is 3.77. The smallest absolute Gasteiger partial charge is 0.224 e. The number of rotatable bonds is 4. The predicted octanol–water partition coefficient (Wildman–Crippen LogP) is 2.30. The molecule has 0 radical (unpaired) electrons. The second-order valence-corrected chi connectivity index (χ2v) is 4.34. The van der Waals surface area contributed by atoms with Crippen LogP contribution in [0.25, 0.3) is 0 Å². The summed E-state index contributed by atoms with van der Waals surface area (Å²) in [5.74, 6) is 0.0231. The molecule has 1 heterocycles. The average Bonchev–Trinajstić information content (AvgIpc) is 2.67. The Morgan fingerprint density at radius 2 is 2.06 bits per heavy atom. The molecule has 2 aromatic rings. The first-order chi connectivity index (χ1) is 8.65. The fourth-order valence-electron chi connectivity index (χ4n) is 1.84. The van der Waals surface area contributed by atoms with Crippen LogP contribution < -0.4 is 5.32 Å². The zero-order valence-corrected chi connectivity index (χ0v) is 10.7. The van der Waals surface area contributed by atoms with Gasteiger partial charge in [-0.15, -0.1) is 0 Å². The Balaban J connectivity index is 1.88. The Morgan fingerprint density at radius 1 is 1.33 bits per heavy atom. The summed E-state index contributed by atoms with van der Waals surface area (Å²) in [7, 11) is 1.84. The lowest BCUT2D eigenvalue weighted by Crippen LogP contribution is -2.12. The third-order valence-corrected chi connectivity index (χ3v) is 2.77. The molecule has 94 valence electrons. The van der Waals surface area contributed by atoms with Crippen molar-refractivity contribution < 1.29 is 4.79 Å². The van der Waals surface area contributed by atoms with E-state index in [-0.39, 0.29) is 5.91 Å². The number of carbonyl (C=O) groups excluding carboxylic acids is 1. The summed E-state index contributed by atoms with van der Waals surface area (Å²) >= 11 is 0. The van der Waals surface area contributed by atoms with Crippen LogP contribution in [0.4, 0.5) is 5.69 Å². The Morgan fingerprint density at radius 3 is 2.67 bits per heavy atom. The van der Waals surface area contributed by atoms with Crippen molar-refractivity contribution in [1.29, 1.82) is 0 Å². The Labute approximate surface area is 107 Å². The zero-order chi connectivity index (χ0) is 13.0. The van der Waals surface area contributed by atoms with E-state index in [1.54, 1.807) is 4.68 Å². The predicted molar refractivity (Wildman–Crippen MR) is 71.3 cm³/mol. The minimum absolute atomic E-state index is 0.0231. The summed E-state index contributed by atoms with van der Waals surface area (Å²) < 4.78 is 1.70. The van der Waals surface area contributed by atoms with Crippen molar-refractivity contribution in [2.24, 2.45) is 7.05 Å². The molecule has 0 atom stereocenters. The van der Waals surface area contributed by atoms with E-state index >= 15 is 0 Å². The van der Waals surface area contributed by atoms with Crippen molar-refractivity contribution in [1.82, 2.24) is 9.78 Å². The number of aryl methyl sites for hydroxylation is 3. The van der Waals surface area contributed by atoms with Crippen molar-refractivity contribution in [3.63, 3.8) is 0 Å². The number of carbonyl (C=O) groups is 1. The summed E-state index contributed by atoms with van der Waals surface area (Å²) in [6, 6.07) is 10.0. The molecule has 0 bridgehead atoms. The summed E-state index contributed by atoms with van der Waals surface area (Å²) in [5, 5.41) is 7.06. The molecule has 18 heavy (non-hydrogen) atoms. The molecule has 0 fully saturated rings. The number of nitrogens with one attached hydrogen (secondary N) is 1. The molecule has 1 N–H and O–H groups in total. The molecule has 4 heteroatoms. The fraction of sp³-hybridized carbons (Fsp3) is 0.286. The minimum atomic E-state index is 0.0231. The molecule has 0 aliphatic rings. The van der Waals surface area contributed by atoms with Crippen LogP contribution >= 0.6 is 0 Å². The molecule has 1 amide bonds. The van der Waals surface area contributed by atoms with Gasteiger partial charge in [0.15, 0.2) is 0 Å². The molecule has 0 aliphatic heterocycles. The molecule has 4 nitrogen and oxygen atoms in total. The number of amides is 1. The minimum Gasteiger partial charge on any atom is -0.323 e. The molecule has 1 aromatic carbocycles. The quantitative estimate of drug-likeness (QED) is 0.895. The standard InChI is InChI=1S/C14H17N3O/c1-11-13(10-17(2)16-11)15-14(18)9-8-12-6-4-3-5-7-12/h3-7,10H,8-9H2,1-2H3,(H,15,18). The van der Waals surface area contributed by atoms with Crippen LogP contribution in [0, 0.1) is 6.92 Å². The number of anilines is 1. The zero-order valence-electron chi connectivity index (χ0n) is 10.7. The lowest BCUT2D eigenvalue weighted by Gasteiger charge is -2.03. The molecule has 0 saturated carbocycles. The normalized spacial score (nSPS) is 10.3. The summed E-state index contributed by atoms with van der Waals surface area (Å²) in [6.07, 6.45) is 3.06. The SMILES string of the molecule is Cc1nn(C)cc1NC(=O)CCc1ccccc1. The highest BCUT2D eigenvalue weighted by atomic mass is 16.1. The van der Waals surface area contributed by atoms with Gasteiger partial charge in [-0.25, -0.2) is 0 Å². The van der Waals surface area contributed by atoms with Crippen molar-refractivity contribution in [2.75, 3.05) is 5.32 Å². The van der Waals surface area contributed by atoms with E-state index in [4.69, 9.17) is 0 Å². The van der Waals surface area contributed by atoms with Crippen molar-refractivity contribution in [2.45, 2.75) is 19.8 Å². The van der Waals surface area contributed by atoms with Gasteiger partial charge in [-0.1, -0.05) is 30.3 Å². The number of nitrogens with zero attached hydrogens (tertiary/aromatic N) is 2. The summed E-state index contributed by atoms with van der Waals surface area (Å²) in [5.41, 5.74) is 2.80. The van der Waals surface area contributed by atoms with Gasteiger partial charge in [0.25, 0.3) is 0 Å². The Hall–Kier alpha value is -2.10. The largest absolute Gasteiger partial charge is 0.323 e. The van der Waals surface area contributed by atoms with Gasteiger partial charge in [0, 0.05) is 19.7 Å². The van der Waals surface area contributed by atoms with Gasteiger partial charge in [0.2, 0.25) is 5.91 Å². The van der Waals surface area contributed by atoms with Crippen LogP contribution in [0.5, 0.6) is 0 Å². The lowest BCUT2D eigenvalue weighted by atomic mass is 10.1. The van der Waals surface area contributed by atoms with Crippen LogP contribution in [-0.4, -0.2) is 15.7 Å². The molecular formula is C14H17N3O. The molecule has 2 rings (SSSR count). The number of hydrogen-bond acceptors (Lipinski definition) is 2. The highest BCUT2D eigenvalue weighted by Crippen LogP contribution is 2.12. The second-order valence-electron chi connectivity index (χ2n) is 4.34.